The van der Waals surface area contributed by atoms with Crippen molar-refractivity contribution in [3.63, 3.8) is 0 Å². The fourth-order valence-electron chi connectivity index (χ4n) is 3.83. The average molecular weight is 442 g/mol. The number of anilines is 1. The summed E-state index contributed by atoms with van der Waals surface area (Å²) < 4.78 is 10.8. The normalized spacial score (nSPS) is 17.8. The lowest BCUT2D eigenvalue weighted by Crippen LogP contribution is -2.43. The van der Waals surface area contributed by atoms with Crippen LogP contribution < -0.4 is 15.4 Å². The van der Waals surface area contributed by atoms with Gasteiger partial charge in [0.15, 0.2) is 0 Å². The van der Waals surface area contributed by atoms with Crippen LogP contribution in [0.1, 0.15) is 28.4 Å². The van der Waals surface area contributed by atoms with Gasteiger partial charge in [0.1, 0.15) is 5.75 Å². The van der Waals surface area contributed by atoms with E-state index in [9.17, 15) is 9.59 Å². The summed E-state index contributed by atoms with van der Waals surface area (Å²) in [5.41, 5.74) is 2.37. The minimum atomic E-state index is -0.155. The Kier molecular flexibility index (Phi) is 7.11. The van der Waals surface area contributed by atoms with Gasteiger partial charge in [0.25, 0.3) is 5.91 Å². The molecule has 0 spiro atoms. The maximum atomic E-state index is 12.9. The molecule has 2 aliphatic rings. The van der Waals surface area contributed by atoms with Gasteiger partial charge >= 0.3 is 0 Å². The highest BCUT2D eigenvalue weighted by molar-refractivity contribution is 7.99. The first-order valence-electron chi connectivity index (χ1n) is 10.4. The molecular weight excluding hydrogens is 414 g/mol. The van der Waals surface area contributed by atoms with Gasteiger partial charge in [0, 0.05) is 42.3 Å². The second kappa shape index (κ2) is 10.2. The standard InChI is InChI=1S/C23H27N3O4S/c1-29-18-5-2-16(3-6-18)20(26-9-11-30-12-10-26)15-24-23(28)17-4-7-21-19(14-17)25-22(27)8-13-31-21/h2-7,14,20H,8-13,15H2,1H3,(H,24,28)(H,25,27). The lowest BCUT2D eigenvalue weighted by Gasteiger charge is -2.35. The molecule has 1 fully saturated rings. The van der Waals surface area contributed by atoms with Crippen LogP contribution >= 0.6 is 11.8 Å². The maximum Gasteiger partial charge on any atom is 0.251 e. The van der Waals surface area contributed by atoms with Crippen LogP contribution in [0, 0.1) is 0 Å². The van der Waals surface area contributed by atoms with Crippen LogP contribution in [0.25, 0.3) is 0 Å². The second-order valence-electron chi connectivity index (χ2n) is 7.50. The summed E-state index contributed by atoms with van der Waals surface area (Å²) in [4.78, 5) is 28.1. The van der Waals surface area contributed by atoms with Gasteiger partial charge in [-0.25, -0.2) is 0 Å². The molecule has 0 bridgehead atoms. The number of carbonyl (C=O) groups excluding carboxylic acids is 2. The number of amides is 2. The monoisotopic (exact) mass is 441 g/mol. The van der Waals surface area contributed by atoms with Crippen molar-refractivity contribution < 1.29 is 19.1 Å². The molecule has 164 valence electrons. The van der Waals surface area contributed by atoms with Crippen molar-refractivity contribution in [3.8, 4) is 5.75 Å². The molecule has 2 heterocycles. The third-order valence-electron chi connectivity index (χ3n) is 5.55. The fraction of sp³-hybridized carbons (Fsp3) is 0.391. The molecule has 2 amide bonds. The van der Waals surface area contributed by atoms with Gasteiger partial charge in [-0.1, -0.05) is 12.1 Å². The average Bonchev–Trinajstić information content (AvgIpc) is 3.00. The molecule has 31 heavy (non-hydrogen) atoms. The number of fused-ring (bicyclic) bond motifs is 1. The van der Waals surface area contributed by atoms with Gasteiger partial charge < -0.3 is 20.1 Å². The third-order valence-corrected chi connectivity index (χ3v) is 6.62. The van der Waals surface area contributed by atoms with Crippen molar-refractivity contribution in [2.24, 2.45) is 0 Å². The minimum absolute atomic E-state index is 0.0179. The van der Waals surface area contributed by atoms with E-state index in [1.54, 1.807) is 24.9 Å². The Morgan fingerprint density at radius 3 is 2.74 bits per heavy atom. The zero-order valence-corrected chi connectivity index (χ0v) is 18.4. The number of hydrogen-bond acceptors (Lipinski definition) is 6. The van der Waals surface area contributed by atoms with Crippen molar-refractivity contribution in [2.45, 2.75) is 17.4 Å². The first-order valence-corrected chi connectivity index (χ1v) is 11.4. The molecule has 2 aromatic carbocycles. The van der Waals surface area contributed by atoms with Crippen molar-refractivity contribution in [2.75, 3.05) is 51.0 Å². The summed E-state index contributed by atoms with van der Waals surface area (Å²) in [6, 6.07) is 13.5. The molecular formula is C23H27N3O4S. The van der Waals surface area contributed by atoms with Gasteiger partial charge in [0.2, 0.25) is 5.91 Å². The maximum absolute atomic E-state index is 12.9. The molecule has 1 saturated heterocycles. The zero-order valence-electron chi connectivity index (χ0n) is 17.6. The quantitative estimate of drug-likeness (QED) is 0.718. The van der Waals surface area contributed by atoms with E-state index in [0.29, 0.717) is 37.4 Å². The number of morpholine rings is 1. The number of thioether (sulfide) groups is 1. The summed E-state index contributed by atoms with van der Waals surface area (Å²) >= 11 is 1.63. The third kappa shape index (κ3) is 5.39. The minimum Gasteiger partial charge on any atom is -0.497 e. The molecule has 1 atom stereocenters. The SMILES string of the molecule is COc1ccc(C(CNC(=O)c2ccc3c(c2)NC(=O)CCS3)N2CCOCC2)cc1. The van der Waals surface area contributed by atoms with E-state index in [2.05, 4.69) is 15.5 Å². The Bertz CT molecular complexity index is 929. The van der Waals surface area contributed by atoms with Crippen molar-refractivity contribution in [1.82, 2.24) is 10.2 Å². The van der Waals surface area contributed by atoms with Crippen LogP contribution in [0.4, 0.5) is 5.69 Å². The largest absolute Gasteiger partial charge is 0.497 e. The Labute approximate surface area is 186 Å². The Morgan fingerprint density at radius 1 is 1.23 bits per heavy atom. The van der Waals surface area contributed by atoms with Gasteiger partial charge in [-0.15, -0.1) is 11.8 Å². The molecule has 2 N–H and O–H groups in total. The van der Waals surface area contributed by atoms with Crippen molar-refractivity contribution >= 4 is 29.3 Å². The van der Waals surface area contributed by atoms with E-state index in [1.807, 2.05) is 36.4 Å². The van der Waals surface area contributed by atoms with Gasteiger partial charge in [-0.3, -0.25) is 14.5 Å². The molecule has 1 unspecified atom stereocenters. The van der Waals surface area contributed by atoms with Crippen LogP contribution in [-0.4, -0.2) is 62.4 Å². The molecule has 0 aliphatic carbocycles. The zero-order chi connectivity index (χ0) is 21.6. The highest BCUT2D eigenvalue weighted by atomic mass is 32.2. The summed E-state index contributed by atoms with van der Waals surface area (Å²) in [7, 11) is 1.65. The van der Waals surface area contributed by atoms with Crippen LogP contribution in [0.3, 0.4) is 0 Å². The predicted octanol–water partition coefficient (Wildman–Crippen LogP) is 2.93. The Morgan fingerprint density at radius 2 is 2.00 bits per heavy atom. The molecule has 8 heteroatoms. The number of rotatable bonds is 6. The van der Waals surface area contributed by atoms with Gasteiger partial charge in [0.05, 0.1) is 32.1 Å². The molecule has 0 saturated carbocycles. The molecule has 0 radical (unpaired) electrons. The van der Waals surface area contributed by atoms with Crippen LogP contribution in [0.5, 0.6) is 5.75 Å². The van der Waals surface area contributed by atoms with Gasteiger partial charge in [-0.2, -0.15) is 0 Å². The second-order valence-corrected chi connectivity index (χ2v) is 8.64. The summed E-state index contributed by atoms with van der Waals surface area (Å²) in [6.45, 7) is 3.47. The number of ether oxygens (including phenoxy) is 2. The molecule has 7 nitrogen and oxygen atoms in total. The molecule has 2 aliphatic heterocycles. The van der Waals surface area contributed by atoms with Crippen molar-refractivity contribution in [1.29, 1.82) is 0 Å². The van der Waals surface area contributed by atoms with E-state index in [-0.39, 0.29) is 17.9 Å². The number of nitrogens with one attached hydrogen (secondary N) is 2. The fourth-order valence-corrected chi connectivity index (χ4v) is 4.76. The number of nitrogens with zero attached hydrogens (tertiary/aromatic N) is 1. The molecule has 0 aromatic heterocycles. The highest BCUT2D eigenvalue weighted by Gasteiger charge is 2.24. The first-order chi connectivity index (χ1) is 15.1. The van der Waals surface area contributed by atoms with E-state index in [4.69, 9.17) is 9.47 Å². The van der Waals surface area contributed by atoms with E-state index < -0.39 is 0 Å². The predicted molar refractivity (Wildman–Crippen MR) is 121 cm³/mol. The number of hydrogen-bond donors (Lipinski definition) is 2. The number of carbonyl (C=O) groups is 2. The summed E-state index contributed by atoms with van der Waals surface area (Å²) in [6.07, 6.45) is 0.476. The molecule has 4 rings (SSSR count). The van der Waals surface area contributed by atoms with Crippen LogP contribution in [-0.2, 0) is 9.53 Å². The van der Waals surface area contributed by atoms with Gasteiger partial charge in [-0.05, 0) is 35.9 Å². The Balaban J connectivity index is 1.48. The van der Waals surface area contributed by atoms with E-state index >= 15 is 0 Å². The van der Waals surface area contributed by atoms with Crippen molar-refractivity contribution in [3.05, 3.63) is 53.6 Å². The molecule has 2 aromatic rings. The van der Waals surface area contributed by atoms with E-state index in [1.165, 1.54) is 0 Å². The number of benzene rings is 2. The van der Waals surface area contributed by atoms with E-state index in [0.717, 1.165) is 35.1 Å². The van der Waals surface area contributed by atoms with Crippen LogP contribution in [0.15, 0.2) is 47.4 Å². The first kappa shape index (κ1) is 21.7. The lowest BCUT2D eigenvalue weighted by atomic mass is 10.0. The lowest BCUT2D eigenvalue weighted by molar-refractivity contribution is -0.115. The van der Waals surface area contributed by atoms with Crippen LogP contribution in [0.2, 0.25) is 0 Å². The number of methoxy groups -OCH3 is 1. The smallest absolute Gasteiger partial charge is 0.251 e. The Hall–Kier alpha value is -2.55. The highest BCUT2D eigenvalue weighted by Crippen LogP contribution is 2.31. The topological polar surface area (TPSA) is 79.9 Å². The summed E-state index contributed by atoms with van der Waals surface area (Å²) in [5, 5.41) is 5.98. The summed E-state index contributed by atoms with van der Waals surface area (Å²) in [5.74, 6) is 1.38.